The van der Waals surface area contributed by atoms with Crippen LogP contribution in [0, 0.1) is 0 Å². The summed E-state index contributed by atoms with van der Waals surface area (Å²) < 4.78 is 46.4. The molecule has 0 radical (unpaired) electrons. The van der Waals surface area contributed by atoms with Crippen LogP contribution in [0.4, 0.5) is 23.7 Å². The number of nitrogens with one attached hydrogen (secondary N) is 1. The molecular weight excluding hydrogens is 505 g/mol. The van der Waals surface area contributed by atoms with Gasteiger partial charge in [0.2, 0.25) is 0 Å². The number of amides is 2. The minimum atomic E-state index is -4.52. The molecule has 0 unspecified atom stereocenters. The highest BCUT2D eigenvalue weighted by molar-refractivity contribution is 7.10. The van der Waals surface area contributed by atoms with E-state index in [2.05, 4.69) is 15.1 Å². The molecular formula is C26H33F3N4O3S. The molecule has 0 aliphatic carbocycles. The predicted molar refractivity (Wildman–Crippen MR) is 137 cm³/mol. The Kier molecular flexibility index (Phi) is 7.87. The monoisotopic (exact) mass is 538 g/mol. The lowest BCUT2D eigenvalue weighted by Crippen LogP contribution is -2.43. The Morgan fingerprint density at radius 2 is 1.76 bits per heavy atom. The molecule has 2 aliphatic heterocycles. The number of carbonyl (C=O) groups is 2. The van der Waals surface area contributed by atoms with E-state index in [1.165, 1.54) is 11.3 Å². The lowest BCUT2D eigenvalue weighted by atomic mass is 10.0. The van der Waals surface area contributed by atoms with Gasteiger partial charge in [0.25, 0.3) is 5.91 Å². The lowest BCUT2D eigenvalue weighted by molar-refractivity contribution is -0.137. The zero-order valence-electron chi connectivity index (χ0n) is 21.6. The first-order chi connectivity index (χ1) is 17.3. The first-order valence-electron chi connectivity index (χ1n) is 12.3. The van der Waals surface area contributed by atoms with E-state index in [1.807, 2.05) is 7.05 Å². The second kappa shape index (κ2) is 10.6. The SMILES string of the molecule is CN1CCN(Cc2cc(NC(=O)c3csc4c3CCN(C(=O)OC(C)(C)C)C4)cc(C(F)(F)F)c2)CC1. The number of fused-ring (bicyclic) bond motifs is 1. The highest BCUT2D eigenvalue weighted by Gasteiger charge is 2.32. The summed E-state index contributed by atoms with van der Waals surface area (Å²) in [7, 11) is 2.02. The summed E-state index contributed by atoms with van der Waals surface area (Å²) >= 11 is 1.36. The van der Waals surface area contributed by atoms with E-state index in [-0.39, 0.29) is 5.69 Å². The molecule has 1 aromatic carbocycles. The van der Waals surface area contributed by atoms with Crippen LogP contribution in [-0.4, -0.2) is 72.1 Å². The number of hydrogen-bond donors (Lipinski definition) is 1. The van der Waals surface area contributed by atoms with Gasteiger partial charge in [-0.25, -0.2) is 4.79 Å². The Balaban J connectivity index is 1.49. The van der Waals surface area contributed by atoms with E-state index >= 15 is 0 Å². The molecule has 0 saturated carbocycles. The van der Waals surface area contributed by atoms with Crippen LogP contribution < -0.4 is 5.32 Å². The summed E-state index contributed by atoms with van der Waals surface area (Å²) in [4.78, 5) is 32.4. The van der Waals surface area contributed by atoms with Crippen LogP contribution in [0.1, 0.15) is 52.7 Å². The molecule has 37 heavy (non-hydrogen) atoms. The average Bonchev–Trinajstić information content (AvgIpc) is 3.22. The smallest absolute Gasteiger partial charge is 0.416 e. The normalized spacial score (nSPS) is 17.4. The van der Waals surface area contributed by atoms with E-state index in [0.29, 0.717) is 37.2 Å². The van der Waals surface area contributed by atoms with Gasteiger partial charge in [0.1, 0.15) is 5.60 Å². The number of halogens is 3. The zero-order valence-corrected chi connectivity index (χ0v) is 22.4. The molecule has 2 aromatic rings. The van der Waals surface area contributed by atoms with E-state index in [9.17, 15) is 22.8 Å². The third-order valence-electron chi connectivity index (χ3n) is 6.42. The Hall–Kier alpha value is -2.63. The highest BCUT2D eigenvalue weighted by atomic mass is 32.1. The van der Waals surface area contributed by atoms with E-state index in [1.54, 1.807) is 37.1 Å². The van der Waals surface area contributed by atoms with Crippen molar-refractivity contribution in [1.29, 1.82) is 0 Å². The Bertz CT molecular complexity index is 1150. The van der Waals surface area contributed by atoms with Crippen molar-refractivity contribution in [2.75, 3.05) is 45.1 Å². The van der Waals surface area contributed by atoms with Crippen molar-refractivity contribution in [3.8, 4) is 0 Å². The Labute approximate surface area is 219 Å². The predicted octanol–water partition coefficient (Wildman–Crippen LogP) is 5.06. The van der Waals surface area contributed by atoms with Crippen molar-refractivity contribution in [2.24, 2.45) is 0 Å². The molecule has 1 fully saturated rings. The highest BCUT2D eigenvalue weighted by Crippen LogP contribution is 2.34. The van der Waals surface area contributed by atoms with Gasteiger partial charge in [-0.2, -0.15) is 13.2 Å². The fourth-order valence-electron chi connectivity index (χ4n) is 4.48. The molecule has 7 nitrogen and oxygen atoms in total. The average molecular weight is 539 g/mol. The van der Waals surface area contributed by atoms with Gasteiger partial charge < -0.3 is 19.9 Å². The summed E-state index contributed by atoms with van der Waals surface area (Å²) in [5, 5.41) is 4.40. The third kappa shape index (κ3) is 7.03. The maximum atomic E-state index is 13.6. The van der Waals surface area contributed by atoms with Gasteiger partial charge in [-0.05, 0) is 63.6 Å². The molecule has 1 N–H and O–H groups in total. The number of ether oxygens (including phenoxy) is 1. The maximum Gasteiger partial charge on any atom is 0.416 e. The molecule has 0 spiro atoms. The van der Waals surface area contributed by atoms with Gasteiger partial charge in [0.15, 0.2) is 0 Å². The van der Waals surface area contributed by atoms with E-state index < -0.39 is 29.3 Å². The van der Waals surface area contributed by atoms with Gasteiger partial charge in [-0.1, -0.05) is 0 Å². The van der Waals surface area contributed by atoms with Crippen LogP contribution in [0.3, 0.4) is 0 Å². The summed E-state index contributed by atoms with van der Waals surface area (Å²) in [6, 6.07) is 3.76. The minimum Gasteiger partial charge on any atom is -0.444 e. The lowest BCUT2D eigenvalue weighted by Gasteiger charge is -2.32. The van der Waals surface area contributed by atoms with Crippen molar-refractivity contribution in [2.45, 2.75) is 52.1 Å². The fourth-order valence-corrected chi connectivity index (χ4v) is 5.58. The number of hydrogen-bond acceptors (Lipinski definition) is 6. The number of benzene rings is 1. The summed E-state index contributed by atoms with van der Waals surface area (Å²) in [5.74, 6) is -0.451. The van der Waals surface area contributed by atoms with Crippen molar-refractivity contribution in [1.82, 2.24) is 14.7 Å². The van der Waals surface area contributed by atoms with Gasteiger partial charge in [-0.3, -0.25) is 9.69 Å². The summed E-state index contributed by atoms with van der Waals surface area (Å²) in [6.45, 7) is 9.79. The van der Waals surface area contributed by atoms with Crippen LogP contribution in [0.5, 0.6) is 0 Å². The Morgan fingerprint density at radius 3 is 2.41 bits per heavy atom. The van der Waals surface area contributed by atoms with Gasteiger partial charge in [0, 0.05) is 55.2 Å². The zero-order chi connectivity index (χ0) is 27.0. The molecule has 4 rings (SSSR count). The van der Waals surface area contributed by atoms with Crippen molar-refractivity contribution >= 4 is 29.0 Å². The molecule has 202 valence electrons. The molecule has 0 bridgehead atoms. The topological polar surface area (TPSA) is 65.1 Å². The van der Waals surface area contributed by atoms with Crippen molar-refractivity contribution in [3.63, 3.8) is 0 Å². The number of rotatable bonds is 4. The largest absolute Gasteiger partial charge is 0.444 e. The fraction of sp³-hybridized carbons (Fsp3) is 0.538. The third-order valence-corrected chi connectivity index (χ3v) is 7.44. The van der Waals surface area contributed by atoms with Crippen molar-refractivity contribution < 1.29 is 27.5 Å². The minimum absolute atomic E-state index is 0.120. The first-order valence-corrected chi connectivity index (χ1v) is 13.2. The Morgan fingerprint density at radius 1 is 1.05 bits per heavy atom. The molecule has 1 aromatic heterocycles. The van der Waals surface area contributed by atoms with E-state index in [4.69, 9.17) is 4.74 Å². The van der Waals surface area contributed by atoms with Crippen LogP contribution in [0.15, 0.2) is 23.6 Å². The number of anilines is 1. The molecule has 1 saturated heterocycles. The number of piperazine rings is 1. The number of thiophene rings is 1. The summed E-state index contributed by atoms with van der Waals surface area (Å²) in [6.07, 6.45) is -4.46. The second-order valence-corrected chi connectivity index (χ2v) is 11.6. The standard InChI is InChI=1S/C26H33F3N4O3S/c1-25(2,3)36-24(35)33-6-5-20-21(16-37-22(20)15-33)23(34)30-19-12-17(11-18(13-19)26(27,28)29)14-32-9-7-31(4)8-10-32/h11-13,16H,5-10,14-15H2,1-4H3,(H,30,34). The van der Waals surface area contributed by atoms with Gasteiger partial charge in [-0.15, -0.1) is 11.3 Å². The molecule has 2 amide bonds. The van der Waals surface area contributed by atoms with Gasteiger partial charge in [0.05, 0.1) is 17.7 Å². The number of nitrogens with zero attached hydrogens (tertiary/aromatic N) is 3. The quantitative estimate of drug-likeness (QED) is 0.590. The molecule has 11 heteroatoms. The number of likely N-dealkylation sites (N-methyl/N-ethyl adjacent to an activating group) is 1. The molecule has 2 aliphatic rings. The van der Waals surface area contributed by atoms with Crippen LogP contribution in [0.2, 0.25) is 0 Å². The van der Waals surface area contributed by atoms with Crippen LogP contribution >= 0.6 is 11.3 Å². The molecule has 3 heterocycles. The number of alkyl halides is 3. The van der Waals surface area contributed by atoms with E-state index in [0.717, 1.165) is 48.8 Å². The number of carbonyl (C=O) groups excluding carboxylic acids is 2. The maximum absolute atomic E-state index is 13.6. The van der Waals surface area contributed by atoms with Crippen LogP contribution in [0.25, 0.3) is 0 Å². The molecule has 0 atom stereocenters. The summed E-state index contributed by atoms with van der Waals surface area (Å²) in [5.41, 5.74) is 0.500. The van der Waals surface area contributed by atoms with Crippen molar-refractivity contribution in [3.05, 3.63) is 50.7 Å². The first kappa shape index (κ1) is 27.4. The second-order valence-electron chi connectivity index (χ2n) is 10.7. The van der Waals surface area contributed by atoms with Gasteiger partial charge >= 0.3 is 12.3 Å². The van der Waals surface area contributed by atoms with Crippen LogP contribution in [-0.2, 0) is 30.4 Å².